The molecule has 118 valence electrons. The number of hydrogen-bond donors (Lipinski definition) is 1. The van der Waals surface area contributed by atoms with Gasteiger partial charge in [0.05, 0.1) is 22.5 Å². The van der Waals surface area contributed by atoms with Crippen LogP contribution in [0, 0.1) is 19.7 Å². The van der Waals surface area contributed by atoms with Crippen molar-refractivity contribution in [3.05, 3.63) is 51.8 Å². The zero-order chi connectivity index (χ0) is 16.7. The van der Waals surface area contributed by atoms with Crippen molar-refractivity contribution in [2.24, 2.45) is 0 Å². The quantitative estimate of drug-likeness (QED) is 0.789. The molecule has 0 fully saturated rings. The average molecular weight is 316 g/mol. The highest BCUT2D eigenvalue weighted by Gasteiger charge is 2.18. The second-order valence-corrected chi connectivity index (χ2v) is 5.14. The number of carboxylic acids is 1. The van der Waals surface area contributed by atoms with E-state index < -0.39 is 23.9 Å². The summed E-state index contributed by atoms with van der Waals surface area (Å²) in [5.41, 5.74) is 1.24. The van der Waals surface area contributed by atoms with Gasteiger partial charge >= 0.3 is 5.97 Å². The van der Waals surface area contributed by atoms with Crippen molar-refractivity contribution in [2.75, 3.05) is 0 Å². The number of halogens is 1. The third-order valence-electron chi connectivity index (χ3n) is 3.52. The summed E-state index contributed by atoms with van der Waals surface area (Å²) in [4.78, 5) is 23.3. The van der Waals surface area contributed by atoms with Crippen LogP contribution in [0.5, 0.6) is 0 Å². The van der Waals surface area contributed by atoms with Gasteiger partial charge < -0.3 is 5.11 Å². The molecular formula is C15H13FN4O3. The molecule has 3 rings (SSSR count). The highest BCUT2D eigenvalue weighted by atomic mass is 19.1. The molecule has 3 aromatic rings. The molecule has 0 saturated heterocycles. The standard InChI is InChI=1S/C15H13FN4O3/c1-8-14-13(15(23)19(17-8)7-12(21)22)9(2)20(18-14)11-5-3-4-10(16)6-11/h3-6H,7H2,1-2H3,(H,21,22). The van der Waals surface area contributed by atoms with Gasteiger partial charge in [0, 0.05) is 0 Å². The van der Waals surface area contributed by atoms with Crippen molar-refractivity contribution < 1.29 is 14.3 Å². The first-order chi connectivity index (χ1) is 10.9. The van der Waals surface area contributed by atoms with Crippen LogP contribution >= 0.6 is 0 Å². The Labute approximate surface area is 129 Å². The highest BCUT2D eigenvalue weighted by molar-refractivity contribution is 5.83. The van der Waals surface area contributed by atoms with Crippen molar-refractivity contribution in [3.63, 3.8) is 0 Å². The molecule has 0 spiro atoms. The molecule has 0 radical (unpaired) electrons. The maximum absolute atomic E-state index is 13.4. The summed E-state index contributed by atoms with van der Waals surface area (Å²) >= 11 is 0. The molecule has 0 aliphatic heterocycles. The number of fused-ring (bicyclic) bond motifs is 1. The van der Waals surface area contributed by atoms with Crippen LogP contribution in [-0.2, 0) is 11.3 Å². The molecule has 0 bridgehead atoms. The Bertz CT molecular complexity index is 990. The Balaban J connectivity index is 2.31. The average Bonchev–Trinajstić information content (AvgIpc) is 2.82. The van der Waals surface area contributed by atoms with E-state index in [4.69, 9.17) is 5.11 Å². The van der Waals surface area contributed by atoms with Crippen LogP contribution in [-0.4, -0.2) is 30.6 Å². The molecule has 7 nitrogen and oxygen atoms in total. The molecule has 0 unspecified atom stereocenters. The number of rotatable bonds is 3. The summed E-state index contributed by atoms with van der Waals surface area (Å²) in [5, 5.41) is 17.5. The summed E-state index contributed by atoms with van der Waals surface area (Å²) < 4.78 is 15.8. The summed E-state index contributed by atoms with van der Waals surface area (Å²) in [7, 11) is 0. The second-order valence-electron chi connectivity index (χ2n) is 5.14. The van der Waals surface area contributed by atoms with Gasteiger partial charge in [0.15, 0.2) is 0 Å². The fourth-order valence-electron chi connectivity index (χ4n) is 2.51. The number of benzene rings is 1. The van der Waals surface area contributed by atoms with E-state index in [1.165, 1.54) is 16.8 Å². The Morgan fingerprint density at radius 3 is 2.70 bits per heavy atom. The van der Waals surface area contributed by atoms with Crippen molar-refractivity contribution in [1.29, 1.82) is 0 Å². The van der Waals surface area contributed by atoms with Crippen LogP contribution in [0.15, 0.2) is 29.1 Å². The molecule has 0 saturated carbocycles. The molecule has 1 aromatic carbocycles. The minimum atomic E-state index is -1.16. The number of aryl methyl sites for hydroxylation is 2. The molecule has 0 amide bonds. The van der Waals surface area contributed by atoms with Crippen LogP contribution in [0.2, 0.25) is 0 Å². The molecule has 2 aromatic heterocycles. The highest BCUT2D eigenvalue weighted by Crippen LogP contribution is 2.20. The summed E-state index contributed by atoms with van der Waals surface area (Å²) in [5.74, 6) is -1.58. The smallest absolute Gasteiger partial charge is 0.325 e. The molecule has 23 heavy (non-hydrogen) atoms. The Kier molecular flexibility index (Phi) is 3.44. The minimum absolute atomic E-state index is 0.281. The summed E-state index contributed by atoms with van der Waals surface area (Å²) in [6.07, 6.45) is 0. The lowest BCUT2D eigenvalue weighted by molar-refractivity contribution is -0.138. The molecular weight excluding hydrogens is 303 g/mol. The first-order valence-corrected chi connectivity index (χ1v) is 6.83. The number of carboxylic acid groups (broad SMARTS) is 1. The summed E-state index contributed by atoms with van der Waals surface area (Å²) in [6.45, 7) is 2.79. The lowest BCUT2D eigenvalue weighted by atomic mass is 10.2. The molecule has 1 N–H and O–H groups in total. The van der Waals surface area contributed by atoms with Crippen LogP contribution < -0.4 is 5.56 Å². The van der Waals surface area contributed by atoms with Gasteiger partial charge in [-0.2, -0.15) is 10.2 Å². The van der Waals surface area contributed by atoms with Gasteiger partial charge in [0.25, 0.3) is 5.56 Å². The van der Waals surface area contributed by atoms with Crippen LogP contribution in [0.1, 0.15) is 11.4 Å². The van der Waals surface area contributed by atoms with Gasteiger partial charge in [-0.05, 0) is 32.0 Å². The normalized spacial score (nSPS) is 11.1. The van der Waals surface area contributed by atoms with Gasteiger partial charge in [0.1, 0.15) is 17.9 Å². The number of aromatic nitrogens is 4. The number of aliphatic carboxylic acids is 1. The van der Waals surface area contributed by atoms with Gasteiger partial charge in [-0.3, -0.25) is 9.59 Å². The SMILES string of the molecule is Cc1nn(CC(=O)O)c(=O)c2c(C)n(-c3cccc(F)c3)nc12. The fraction of sp³-hybridized carbons (Fsp3) is 0.200. The fourth-order valence-corrected chi connectivity index (χ4v) is 2.51. The Morgan fingerprint density at radius 2 is 2.04 bits per heavy atom. The lowest BCUT2D eigenvalue weighted by Crippen LogP contribution is -2.27. The van der Waals surface area contributed by atoms with E-state index in [0.29, 0.717) is 22.6 Å². The van der Waals surface area contributed by atoms with Crippen molar-refractivity contribution in [2.45, 2.75) is 20.4 Å². The minimum Gasteiger partial charge on any atom is -0.480 e. The van der Waals surface area contributed by atoms with E-state index in [9.17, 15) is 14.0 Å². The van der Waals surface area contributed by atoms with Crippen molar-refractivity contribution >= 4 is 16.9 Å². The number of carbonyl (C=O) groups is 1. The van der Waals surface area contributed by atoms with Gasteiger partial charge in [-0.25, -0.2) is 13.8 Å². The molecule has 0 aliphatic carbocycles. The van der Waals surface area contributed by atoms with E-state index >= 15 is 0 Å². The van der Waals surface area contributed by atoms with E-state index in [0.717, 1.165) is 4.68 Å². The van der Waals surface area contributed by atoms with E-state index in [1.54, 1.807) is 26.0 Å². The molecule has 0 atom stereocenters. The first kappa shape index (κ1) is 14.9. The molecule has 8 heteroatoms. The number of hydrogen-bond acceptors (Lipinski definition) is 4. The van der Waals surface area contributed by atoms with E-state index in [1.807, 2.05) is 0 Å². The van der Waals surface area contributed by atoms with E-state index in [2.05, 4.69) is 10.2 Å². The van der Waals surface area contributed by atoms with Crippen LogP contribution in [0.3, 0.4) is 0 Å². The molecule has 2 heterocycles. The maximum Gasteiger partial charge on any atom is 0.325 e. The summed E-state index contributed by atoms with van der Waals surface area (Å²) in [6, 6.07) is 5.83. The second kappa shape index (κ2) is 5.31. The Morgan fingerprint density at radius 1 is 1.30 bits per heavy atom. The van der Waals surface area contributed by atoms with Gasteiger partial charge in [-0.15, -0.1) is 0 Å². The zero-order valence-electron chi connectivity index (χ0n) is 12.4. The predicted molar refractivity (Wildman–Crippen MR) is 80.2 cm³/mol. The van der Waals surface area contributed by atoms with Crippen LogP contribution in [0.25, 0.3) is 16.6 Å². The third kappa shape index (κ3) is 2.48. The zero-order valence-corrected chi connectivity index (χ0v) is 12.4. The maximum atomic E-state index is 13.4. The largest absolute Gasteiger partial charge is 0.480 e. The monoisotopic (exact) mass is 316 g/mol. The van der Waals surface area contributed by atoms with Gasteiger partial charge in [0.2, 0.25) is 0 Å². The van der Waals surface area contributed by atoms with Crippen LogP contribution in [0.4, 0.5) is 4.39 Å². The predicted octanol–water partition coefficient (Wildman–Crippen LogP) is 1.42. The lowest BCUT2D eigenvalue weighted by Gasteiger charge is -2.04. The van der Waals surface area contributed by atoms with Gasteiger partial charge in [-0.1, -0.05) is 6.07 Å². The third-order valence-corrected chi connectivity index (χ3v) is 3.52. The Hall–Kier alpha value is -3.03. The number of nitrogens with zero attached hydrogens (tertiary/aromatic N) is 4. The topological polar surface area (TPSA) is 90.0 Å². The molecule has 0 aliphatic rings. The van der Waals surface area contributed by atoms with Crippen molar-refractivity contribution in [1.82, 2.24) is 19.6 Å². The van der Waals surface area contributed by atoms with Crippen molar-refractivity contribution in [3.8, 4) is 5.69 Å². The first-order valence-electron chi connectivity index (χ1n) is 6.83. The van der Waals surface area contributed by atoms with E-state index in [-0.39, 0.29) is 5.39 Å².